The molecule has 0 fully saturated rings. The van der Waals surface area contributed by atoms with Gasteiger partial charge in [0.1, 0.15) is 6.29 Å². The fourth-order valence-corrected chi connectivity index (χ4v) is 4.43. The van der Waals surface area contributed by atoms with Gasteiger partial charge in [-0.3, -0.25) is 4.79 Å². The molecule has 0 bridgehead atoms. The minimum absolute atomic E-state index is 0.253. The van der Waals surface area contributed by atoms with E-state index in [9.17, 15) is 4.79 Å². The molecule has 1 rings (SSSR count). The molecule has 0 radical (unpaired) electrons. The molecule has 0 aromatic carbocycles. The van der Waals surface area contributed by atoms with E-state index in [1.165, 1.54) is 52.7 Å². The normalized spacial score (nSPS) is 21.1. The molecule has 0 atom stereocenters. The standard InChI is InChI=1S/C26H40O/c1-16-13-12-14-26(10,11)25(16)24(9)23(8)22(7)21(6)20(5)19(4)18(3)17(2)15-27/h15H,12-14H2,1-11H3/b18-17+,20-19+,22-21+,24-23+. The summed E-state index contributed by atoms with van der Waals surface area (Å²) in [6.07, 6.45) is 4.73. The van der Waals surface area contributed by atoms with Crippen LogP contribution in [0.25, 0.3) is 0 Å². The lowest BCUT2D eigenvalue weighted by Crippen LogP contribution is -2.21. The van der Waals surface area contributed by atoms with Gasteiger partial charge in [-0.25, -0.2) is 0 Å². The van der Waals surface area contributed by atoms with Crippen LogP contribution in [0.2, 0.25) is 0 Å². The summed E-state index contributed by atoms with van der Waals surface area (Å²) in [4.78, 5) is 11.1. The summed E-state index contributed by atoms with van der Waals surface area (Å²) in [5, 5.41) is 0. The largest absolute Gasteiger partial charge is 0.298 e. The Balaban J connectivity index is 3.55. The molecule has 1 aliphatic carbocycles. The predicted molar refractivity (Wildman–Crippen MR) is 120 cm³/mol. The van der Waals surface area contributed by atoms with E-state index >= 15 is 0 Å². The molecular weight excluding hydrogens is 328 g/mol. The van der Waals surface area contributed by atoms with Crippen LogP contribution in [-0.2, 0) is 4.79 Å². The van der Waals surface area contributed by atoms with Gasteiger partial charge in [0.2, 0.25) is 0 Å². The number of allylic oxidation sites excluding steroid dienone is 10. The van der Waals surface area contributed by atoms with Crippen molar-refractivity contribution in [3.8, 4) is 0 Å². The van der Waals surface area contributed by atoms with E-state index in [0.717, 1.165) is 17.4 Å². The molecule has 0 heterocycles. The van der Waals surface area contributed by atoms with Crippen LogP contribution in [0.3, 0.4) is 0 Å². The summed E-state index contributed by atoms with van der Waals surface area (Å²) < 4.78 is 0. The molecule has 27 heavy (non-hydrogen) atoms. The maximum Gasteiger partial charge on any atom is 0.146 e. The second-order valence-corrected chi connectivity index (χ2v) is 9.07. The third kappa shape index (κ3) is 5.00. The summed E-state index contributed by atoms with van der Waals surface area (Å²) in [6, 6.07) is 0. The molecule has 0 saturated carbocycles. The Hall–Kier alpha value is -1.63. The summed E-state index contributed by atoms with van der Waals surface area (Å²) >= 11 is 0. The van der Waals surface area contributed by atoms with Crippen molar-refractivity contribution in [2.45, 2.75) is 95.4 Å². The van der Waals surface area contributed by atoms with Gasteiger partial charge in [0.15, 0.2) is 0 Å². The number of hydrogen-bond acceptors (Lipinski definition) is 1. The molecule has 0 aromatic heterocycles. The van der Waals surface area contributed by atoms with Crippen LogP contribution in [0.5, 0.6) is 0 Å². The molecule has 0 unspecified atom stereocenters. The molecule has 1 nitrogen and oxygen atoms in total. The summed E-state index contributed by atoms with van der Waals surface area (Å²) in [7, 11) is 0. The average Bonchev–Trinajstić information content (AvgIpc) is 2.62. The molecule has 0 amide bonds. The van der Waals surface area contributed by atoms with E-state index in [4.69, 9.17) is 0 Å². The quantitative estimate of drug-likeness (QED) is 0.272. The molecule has 0 aliphatic heterocycles. The molecular formula is C26H40O. The highest BCUT2D eigenvalue weighted by atomic mass is 16.1. The highest BCUT2D eigenvalue weighted by molar-refractivity contribution is 5.75. The van der Waals surface area contributed by atoms with Crippen LogP contribution in [0.4, 0.5) is 0 Å². The van der Waals surface area contributed by atoms with Gasteiger partial charge in [0.25, 0.3) is 0 Å². The highest BCUT2D eigenvalue weighted by Gasteiger charge is 2.30. The van der Waals surface area contributed by atoms with Crippen molar-refractivity contribution in [2.75, 3.05) is 0 Å². The minimum atomic E-state index is 0.253. The maximum absolute atomic E-state index is 11.1. The van der Waals surface area contributed by atoms with Crippen molar-refractivity contribution in [2.24, 2.45) is 5.41 Å². The number of carbonyl (C=O) groups is 1. The van der Waals surface area contributed by atoms with Gasteiger partial charge in [-0.2, -0.15) is 0 Å². The van der Waals surface area contributed by atoms with E-state index in [-0.39, 0.29) is 5.41 Å². The van der Waals surface area contributed by atoms with Crippen LogP contribution < -0.4 is 0 Å². The Morgan fingerprint density at radius 2 is 1.22 bits per heavy atom. The van der Waals surface area contributed by atoms with Gasteiger partial charge in [0, 0.05) is 0 Å². The Morgan fingerprint density at radius 3 is 1.67 bits per heavy atom. The van der Waals surface area contributed by atoms with Crippen LogP contribution in [0.15, 0.2) is 55.7 Å². The van der Waals surface area contributed by atoms with Crippen molar-refractivity contribution in [3.63, 3.8) is 0 Å². The lowest BCUT2D eigenvalue weighted by atomic mass is 9.69. The fraction of sp³-hybridized carbons (Fsp3) is 0.577. The second-order valence-electron chi connectivity index (χ2n) is 9.07. The smallest absolute Gasteiger partial charge is 0.146 e. The topological polar surface area (TPSA) is 17.1 Å². The molecule has 1 heteroatoms. The first-order valence-corrected chi connectivity index (χ1v) is 10.2. The first-order valence-electron chi connectivity index (χ1n) is 10.2. The van der Waals surface area contributed by atoms with Gasteiger partial charge < -0.3 is 0 Å². The van der Waals surface area contributed by atoms with Crippen LogP contribution in [0.1, 0.15) is 95.4 Å². The van der Waals surface area contributed by atoms with Gasteiger partial charge in [-0.05, 0) is 137 Å². The SMILES string of the molecule is CC1=C(/C(C)=C(C)/C(C)=C(C)/C(C)=C(C)/C(C)=C(\C)C=O)C(C)(C)CCC1. The lowest BCUT2D eigenvalue weighted by molar-refractivity contribution is -0.104. The Bertz CT molecular complexity index is 773. The molecule has 0 spiro atoms. The highest BCUT2D eigenvalue weighted by Crippen LogP contribution is 2.45. The molecule has 0 aromatic rings. The first-order chi connectivity index (χ1) is 12.4. The maximum atomic E-state index is 11.1. The van der Waals surface area contributed by atoms with Gasteiger partial charge in [0.05, 0.1) is 0 Å². The van der Waals surface area contributed by atoms with Crippen LogP contribution >= 0.6 is 0 Å². The van der Waals surface area contributed by atoms with Crippen molar-refractivity contribution in [1.82, 2.24) is 0 Å². The average molecular weight is 369 g/mol. The van der Waals surface area contributed by atoms with E-state index in [1.807, 2.05) is 13.8 Å². The van der Waals surface area contributed by atoms with Gasteiger partial charge in [-0.1, -0.05) is 19.4 Å². The Labute approximate surface area is 168 Å². The van der Waals surface area contributed by atoms with E-state index in [0.29, 0.717) is 0 Å². The van der Waals surface area contributed by atoms with Gasteiger partial charge in [-0.15, -0.1) is 0 Å². The van der Waals surface area contributed by atoms with Crippen LogP contribution in [-0.4, -0.2) is 6.29 Å². The van der Waals surface area contributed by atoms with E-state index in [1.54, 1.807) is 11.1 Å². The van der Waals surface area contributed by atoms with E-state index in [2.05, 4.69) is 62.3 Å². The number of carbonyl (C=O) groups excluding carboxylic acids is 1. The second kappa shape index (κ2) is 9.04. The fourth-order valence-electron chi connectivity index (χ4n) is 4.43. The van der Waals surface area contributed by atoms with Crippen molar-refractivity contribution >= 4 is 6.29 Å². The molecule has 150 valence electrons. The first kappa shape index (κ1) is 23.4. The van der Waals surface area contributed by atoms with E-state index < -0.39 is 0 Å². The summed E-state index contributed by atoms with van der Waals surface area (Å²) in [6.45, 7) is 24.3. The zero-order valence-corrected chi connectivity index (χ0v) is 19.6. The molecule has 0 N–H and O–H groups in total. The summed E-state index contributed by atoms with van der Waals surface area (Å²) in [5.74, 6) is 0. The number of rotatable bonds is 5. The van der Waals surface area contributed by atoms with Crippen LogP contribution in [0, 0.1) is 5.41 Å². The third-order valence-electron chi connectivity index (χ3n) is 6.98. The van der Waals surface area contributed by atoms with Crippen molar-refractivity contribution in [1.29, 1.82) is 0 Å². The monoisotopic (exact) mass is 368 g/mol. The van der Waals surface area contributed by atoms with Crippen molar-refractivity contribution in [3.05, 3.63) is 55.7 Å². The Morgan fingerprint density at radius 1 is 0.778 bits per heavy atom. The van der Waals surface area contributed by atoms with Gasteiger partial charge >= 0.3 is 0 Å². The Kier molecular flexibility index (Phi) is 7.84. The lowest BCUT2D eigenvalue weighted by Gasteiger charge is -2.36. The number of aldehydes is 1. The third-order valence-corrected chi connectivity index (χ3v) is 6.98. The molecule has 0 saturated heterocycles. The summed E-state index contributed by atoms with van der Waals surface area (Å²) in [5.41, 5.74) is 13.2. The van der Waals surface area contributed by atoms with Crippen molar-refractivity contribution < 1.29 is 4.79 Å². The molecule has 1 aliphatic rings. The zero-order valence-electron chi connectivity index (χ0n) is 19.6. The minimum Gasteiger partial charge on any atom is -0.298 e. The zero-order chi connectivity index (χ0) is 21.1. The number of hydrogen-bond donors (Lipinski definition) is 0. The predicted octanol–water partition coefficient (Wildman–Crippen LogP) is 8.06.